The number of ether oxygens (including phenoxy) is 3. The summed E-state index contributed by atoms with van der Waals surface area (Å²) in [4.78, 5) is 12.2. The first kappa shape index (κ1) is 20.3. The van der Waals surface area contributed by atoms with Gasteiger partial charge in [-0.05, 0) is 63.8 Å². The van der Waals surface area contributed by atoms with Crippen molar-refractivity contribution in [3.8, 4) is 5.75 Å². The molecule has 0 radical (unpaired) electrons. The van der Waals surface area contributed by atoms with Crippen molar-refractivity contribution in [3.05, 3.63) is 22.8 Å². The lowest BCUT2D eigenvalue weighted by Crippen LogP contribution is -2.29. The van der Waals surface area contributed by atoms with Crippen molar-refractivity contribution in [2.45, 2.75) is 66.1 Å². The van der Waals surface area contributed by atoms with E-state index >= 15 is 0 Å². The maximum atomic E-state index is 12.2. The molecule has 24 heavy (non-hydrogen) atoms. The van der Waals surface area contributed by atoms with Gasteiger partial charge in [-0.2, -0.15) is 0 Å². The Morgan fingerprint density at radius 3 is 2.42 bits per heavy atom. The number of carbonyl (C=O) groups is 1. The molecule has 0 aliphatic rings. The van der Waals surface area contributed by atoms with Gasteiger partial charge in [-0.3, -0.25) is 0 Å². The summed E-state index contributed by atoms with van der Waals surface area (Å²) in [6.07, 6.45) is 1.21. The number of methoxy groups -OCH3 is 1. The van der Waals surface area contributed by atoms with Crippen LogP contribution in [0.4, 0.5) is 5.69 Å². The molecular formula is C19H31NO4. The number of nitrogen functional groups attached to an aromatic ring is 1. The van der Waals surface area contributed by atoms with E-state index in [4.69, 9.17) is 19.9 Å². The number of esters is 1. The second kappa shape index (κ2) is 8.38. The standard InChI is InChI=1S/C19H31NO4/c1-8-9-10-23-16-12(2)11-14(13(3)15(16)20)17(18(21)22-7)24-19(4,5)6/h11,17H,8-10,20H2,1-7H3/t17-/m0/s1. The van der Waals surface area contributed by atoms with Gasteiger partial charge in [-0.25, -0.2) is 4.79 Å². The molecule has 2 N–H and O–H groups in total. The molecule has 0 unspecified atom stereocenters. The largest absolute Gasteiger partial charge is 0.491 e. The maximum Gasteiger partial charge on any atom is 0.339 e. The number of hydrogen-bond donors (Lipinski definition) is 1. The van der Waals surface area contributed by atoms with Crippen LogP contribution in [0.5, 0.6) is 5.75 Å². The van der Waals surface area contributed by atoms with Gasteiger partial charge in [0.15, 0.2) is 6.10 Å². The Bertz CT molecular complexity index is 576. The van der Waals surface area contributed by atoms with Crippen LogP contribution in [-0.2, 0) is 14.3 Å². The number of nitrogens with two attached hydrogens (primary N) is 1. The molecule has 5 nitrogen and oxygen atoms in total. The average Bonchev–Trinajstić information content (AvgIpc) is 2.50. The normalized spacial score (nSPS) is 12.8. The molecule has 1 aromatic carbocycles. The van der Waals surface area contributed by atoms with E-state index in [2.05, 4.69) is 6.92 Å². The molecule has 0 heterocycles. The molecule has 136 valence electrons. The molecule has 5 heteroatoms. The van der Waals surface area contributed by atoms with Crippen LogP contribution in [0, 0.1) is 13.8 Å². The molecule has 0 aromatic heterocycles. The molecular weight excluding hydrogens is 306 g/mol. The zero-order valence-electron chi connectivity index (χ0n) is 16.0. The van der Waals surface area contributed by atoms with Crippen molar-refractivity contribution >= 4 is 11.7 Å². The van der Waals surface area contributed by atoms with Gasteiger partial charge in [-0.1, -0.05) is 13.3 Å². The van der Waals surface area contributed by atoms with Crippen LogP contribution in [0.15, 0.2) is 6.07 Å². The van der Waals surface area contributed by atoms with Crippen molar-refractivity contribution < 1.29 is 19.0 Å². The monoisotopic (exact) mass is 337 g/mol. The van der Waals surface area contributed by atoms with E-state index in [-0.39, 0.29) is 0 Å². The molecule has 0 bridgehead atoms. The van der Waals surface area contributed by atoms with Crippen molar-refractivity contribution in [1.29, 1.82) is 0 Å². The van der Waals surface area contributed by atoms with E-state index in [1.807, 2.05) is 40.7 Å². The third-order valence-corrected chi connectivity index (χ3v) is 3.73. The average molecular weight is 337 g/mol. The number of unbranched alkanes of at least 4 members (excludes halogenated alkanes) is 1. The summed E-state index contributed by atoms with van der Waals surface area (Å²) in [6.45, 7) is 12.2. The fourth-order valence-corrected chi connectivity index (χ4v) is 2.43. The van der Waals surface area contributed by atoms with Crippen LogP contribution in [0.2, 0.25) is 0 Å². The fraction of sp³-hybridized carbons (Fsp3) is 0.632. The lowest BCUT2D eigenvalue weighted by Gasteiger charge is -2.28. The summed E-state index contributed by atoms with van der Waals surface area (Å²) in [5.41, 5.74) is 8.72. The number of carbonyl (C=O) groups excluding carboxylic acids is 1. The van der Waals surface area contributed by atoms with Crippen LogP contribution in [-0.4, -0.2) is 25.3 Å². The van der Waals surface area contributed by atoms with Crippen LogP contribution in [0.3, 0.4) is 0 Å². The molecule has 0 aliphatic heterocycles. The van der Waals surface area contributed by atoms with Crippen LogP contribution in [0.25, 0.3) is 0 Å². The predicted molar refractivity (Wildman–Crippen MR) is 96.3 cm³/mol. The van der Waals surface area contributed by atoms with Gasteiger partial charge >= 0.3 is 5.97 Å². The van der Waals surface area contributed by atoms with Gasteiger partial charge in [0, 0.05) is 0 Å². The molecule has 1 atom stereocenters. The van der Waals surface area contributed by atoms with Crippen molar-refractivity contribution in [2.75, 3.05) is 19.5 Å². The number of benzene rings is 1. The number of anilines is 1. The SMILES string of the molecule is CCCCOc1c(C)cc([C@H](OC(C)(C)C)C(=O)OC)c(C)c1N. The summed E-state index contributed by atoms with van der Waals surface area (Å²) >= 11 is 0. The Morgan fingerprint density at radius 2 is 1.92 bits per heavy atom. The minimum Gasteiger partial charge on any atom is -0.491 e. The van der Waals surface area contributed by atoms with Crippen LogP contribution >= 0.6 is 0 Å². The lowest BCUT2D eigenvalue weighted by atomic mass is 9.97. The smallest absolute Gasteiger partial charge is 0.339 e. The maximum absolute atomic E-state index is 12.2. The minimum atomic E-state index is -0.819. The van der Waals surface area contributed by atoms with Gasteiger partial charge in [-0.15, -0.1) is 0 Å². The quantitative estimate of drug-likeness (QED) is 0.461. The lowest BCUT2D eigenvalue weighted by molar-refractivity contribution is -0.164. The van der Waals surface area contributed by atoms with Crippen molar-refractivity contribution in [1.82, 2.24) is 0 Å². The zero-order chi connectivity index (χ0) is 18.5. The van der Waals surface area contributed by atoms with E-state index in [9.17, 15) is 4.79 Å². The number of rotatable bonds is 7. The zero-order valence-corrected chi connectivity index (χ0v) is 16.0. The highest BCUT2D eigenvalue weighted by Crippen LogP contribution is 2.37. The highest BCUT2D eigenvalue weighted by atomic mass is 16.6. The Labute approximate surface area is 145 Å². The van der Waals surface area contributed by atoms with Crippen LogP contribution in [0.1, 0.15) is 63.3 Å². The summed E-state index contributed by atoms with van der Waals surface area (Å²) < 4.78 is 16.7. The first-order chi connectivity index (χ1) is 11.1. The molecule has 0 amide bonds. The van der Waals surface area contributed by atoms with E-state index in [0.717, 1.165) is 29.5 Å². The second-order valence-electron chi connectivity index (χ2n) is 6.99. The summed E-state index contributed by atoms with van der Waals surface area (Å²) in [6, 6.07) is 1.90. The van der Waals surface area contributed by atoms with E-state index in [1.165, 1.54) is 7.11 Å². The van der Waals surface area contributed by atoms with Gasteiger partial charge < -0.3 is 19.9 Å². The van der Waals surface area contributed by atoms with E-state index < -0.39 is 17.7 Å². The topological polar surface area (TPSA) is 70.8 Å². The Morgan fingerprint density at radius 1 is 1.29 bits per heavy atom. The molecule has 1 aromatic rings. The molecule has 0 saturated heterocycles. The summed E-state index contributed by atoms with van der Waals surface area (Å²) in [5, 5.41) is 0. The third-order valence-electron chi connectivity index (χ3n) is 3.73. The van der Waals surface area contributed by atoms with Gasteiger partial charge in [0.05, 0.1) is 25.0 Å². The molecule has 1 rings (SSSR count). The Balaban J connectivity index is 3.28. The van der Waals surface area contributed by atoms with Crippen molar-refractivity contribution in [3.63, 3.8) is 0 Å². The predicted octanol–water partition coefficient (Wildman–Crippen LogP) is 4.09. The number of aryl methyl sites for hydroxylation is 1. The third kappa shape index (κ3) is 5.13. The fourth-order valence-electron chi connectivity index (χ4n) is 2.43. The summed E-state index contributed by atoms with van der Waals surface area (Å²) in [5.74, 6) is 0.246. The Kier molecular flexibility index (Phi) is 7.08. The molecule has 0 fully saturated rings. The van der Waals surface area contributed by atoms with Gasteiger partial charge in [0.25, 0.3) is 0 Å². The highest BCUT2D eigenvalue weighted by molar-refractivity contribution is 5.79. The molecule has 0 saturated carbocycles. The van der Waals surface area contributed by atoms with Crippen molar-refractivity contribution in [2.24, 2.45) is 0 Å². The first-order valence-corrected chi connectivity index (χ1v) is 8.40. The minimum absolute atomic E-state index is 0.438. The molecule has 0 spiro atoms. The number of hydrogen-bond acceptors (Lipinski definition) is 5. The summed E-state index contributed by atoms with van der Waals surface area (Å²) in [7, 11) is 1.36. The van der Waals surface area contributed by atoms with E-state index in [1.54, 1.807) is 0 Å². The second-order valence-corrected chi connectivity index (χ2v) is 6.99. The van der Waals surface area contributed by atoms with Crippen LogP contribution < -0.4 is 10.5 Å². The van der Waals surface area contributed by atoms with E-state index in [0.29, 0.717) is 18.0 Å². The highest BCUT2D eigenvalue weighted by Gasteiger charge is 2.30. The van der Waals surface area contributed by atoms with Gasteiger partial charge in [0.2, 0.25) is 0 Å². The Hall–Kier alpha value is -1.75. The first-order valence-electron chi connectivity index (χ1n) is 8.40. The van der Waals surface area contributed by atoms with Gasteiger partial charge in [0.1, 0.15) is 5.75 Å². The molecule has 0 aliphatic carbocycles.